The quantitative estimate of drug-likeness (QED) is 0.0523. The van der Waals surface area contributed by atoms with Gasteiger partial charge >= 0.3 is 0 Å². The molecule has 1 unspecified atom stereocenters. The molecule has 0 saturated carbocycles. The fourth-order valence-corrected chi connectivity index (χ4v) is 9.10. The molecule has 1 aliphatic heterocycles. The number of anilines is 4. The Kier molecular flexibility index (Phi) is 14.3. The predicted octanol–water partition coefficient (Wildman–Crippen LogP) is 8.14. The number of benzene rings is 4. The molecule has 16 nitrogen and oxygen atoms in total. The minimum Gasteiger partial charge on any atom is -0.391 e. The van der Waals surface area contributed by atoms with E-state index in [1.54, 1.807) is 74.0 Å². The number of carbonyl (C=O) groups excluding carboxylic acids is 5. The zero-order chi connectivity index (χ0) is 48.8. The molecule has 5 amide bonds. The van der Waals surface area contributed by atoms with Gasteiger partial charge in [0.1, 0.15) is 24.2 Å². The van der Waals surface area contributed by atoms with E-state index in [9.17, 15) is 29.1 Å². The average Bonchev–Trinajstić information content (AvgIpc) is 4.08. The zero-order valence-corrected chi connectivity index (χ0v) is 39.7. The van der Waals surface area contributed by atoms with E-state index in [0.29, 0.717) is 28.4 Å². The molecule has 1 saturated heterocycles. The van der Waals surface area contributed by atoms with E-state index in [1.165, 1.54) is 11.2 Å². The Hall–Kier alpha value is -7.76. The van der Waals surface area contributed by atoms with Crippen LogP contribution < -0.4 is 26.6 Å². The number of rotatable bonds is 15. The highest BCUT2D eigenvalue weighted by Gasteiger charge is 2.44. The van der Waals surface area contributed by atoms with Gasteiger partial charge in [0.25, 0.3) is 5.91 Å². The third kappa shape index (κ3) is 11.5. The SMILES string of the molecule is Cc1ncsc1-c1ccc([C@H](C)NC(=O)C2C[C@H](O)CN2C(=O)[C@@H](NC(=O)CCC(=O)Nc2ccc(C(=O)Nc3cccc(Nc4cc(-c5c[nH]c6ccccc56)ncn4)c3)cc2)C(C)(C)C)cc1. The second kappa shape index (κ2) is 20.6. The number of nitrogens with zero attached hydrogens (tertiary/aromatic N) is 4. The van der Waals surface area contributed by atoms with Crippen LogP contribution in [-0.4, -0.2) is 84.2 Å². The number of thiazole rings is 1. The van der Waals surface area contributed by atoms with Gasteiger partial charge in [-0.1, -0.05) is 69.3 Å². The molecule has 1 fully saturated rings. The first-order chi connectivity index (χ1) is 33.1. The van der Waals surface area contributed by atoms with Crippen LogP contribution in [0.15, 0.2) is 121 Å². The number of nitrogens with one attached hydrogen (secondary N) is 6. The summed E-state index contributed by atoms with van der Waals surface area (Å²) < 4.78 is 0. The second-order valence-corrected chi connectivity index (χ2v) is 19.1. The maximum atomic E-state index is 14.1. The first kappa shape index (κ1) is 47.7. The van der Waals surface area contributed by atoms with Crippen LogP contribution in [0.25, 0.3) is 32.6 Å². The van der Waals surface area contributed by atoms with Crippen molar-refractivity contribution in [1.82, 2.24) is 35.5 Å². The minimum atomic E-state index is -1.05. The maximum Gasteiger partial charge on any atom is 0.255 e. The van der Waals surface area contributed by atoms with Gasteiger partial charge in [-0.3, -0.25) is 24.0 Å². The number of aliphatic hydroxyl groups excluding tert-OH is 1. The molecule has 0 spiro atoms. The van der Waals surface area contributed by atoms with Crippen LogP contribution in [0.3, 0.4) is 0 Å². The topological polar surface area (TPSA) is 223 Å². The maximum absolute atomic E-state index is 14.1. The third-order valence-electron chi connectivity index (χ3n) is 12.0. The molecular formula is C52H54N10O6S. The van der Waals surface area contributed by atoms with E-state index >= 15 is 0 Å². The van der Waals surface area contributed by atoms with E-state index in [0.717, 1.165) is 43.9 Å². The number of hydrogen-bond donors (Lipinski definition) is 7. The number of aryl methyl sites for hydroxylation is 1. The van der Waals surface area contributed by atoms with E-state index in [-0.39, 0.29) is 37.8 Å². The molecule has 0 aliphatic carbocycles. The molecule has 1 aliphatic rings. The molecule has 0 bridgehead atoms. The van der Waals surface area contributed by atoms with Gasteiger partial charge in [-0.25, -0.2) is 15.0 Å². The molecule has 354 valence electrons. The second-order valence-electron chi connectivity index (χ2n) is 18.2. The van der Waals surface area contributed by atoms with Crippen molar-refractivity contribution in [2.45, 2.75) is 78.1 Å². The molecule has 4 atom stereocenters. The van der Waals surface area contributed by atoms with E-state index in [1.807, 2.05) is 86.8 Å². The number of amides is 5. The summed E-state index contributed by atoms with van der Waals surface area (Å²) in [6.07, 6.45) is 2.15. The summed E-state index contributed by atoms with van der Waals surface area (Å²) in [6.45, 7) is 9.14. The van der Waals surface area contributed by atoms with Gasteiger partial charge < -0.3 is 41.6 Å². The average molecular weight is 947 g/mol. The smallest absolute Gasteiger partial charge is 0.255 e. The van der Waals surface area contributed by atoms with Crippen LogP contribution >= 0.6 is 11.3 Å². The molecule has 0 radical (unpaired) electrons. The largest absolute Gasteiger partial charge is 0.391 e. The number of hydrogen-bond acceptors (Lipinski definition) is 11. The number of aromatic nitrogens is 4. The van der Waals surface area contributed by atoms with Gasteiger partial charge in [-0.2, -0.15) is 0 Å². The highest BCUT2D eigenvalue weighted by Crippen LogP contribution is 2.31. The highest BCUT2D eigenvalue weighted by atomic mass is 32.1. The molecular weight excluding hydrogens is 893 g/mol. The normalized spacial score (nSPS) is 15.5. The third-order valence-corrected chi connectivity index (χ3v) is 13.0. The van der Waals surface area contributed by atoms with E-state index < -0.39 is 47.2 Å². The van der Waals surface area contributed by atoms with Gasteiger partial charge in [-0.05, 0) is 78.9 Å². The van der Waals surface area contributed by atoms with Crippen molar-refractivity contribution in [2.75, 3.05) is 22.5 Å². The van der Waals surface area contributed by atoms with Crippen molar-refractivity contribution in [3.05, 3.63) is 138 Å². The lowest BCUT2D eigenvalue weighted by molar-refractivity contribution is -0.144. The summed E-state index contributed by atoms with van der Waals surface area (Å²) in [5, 5.41) is 26.5. The van der Waals surface area contributed by atoms with Crippen molar-refractivity contribution >= 4 is 74.7 Å². The van der Waals surface area contributed by atoms with Crippen LogP contribution in [0.2, 0.25) is 0 Å². The lowest BCUT2D eigenvalue weighted by Gasteiger charge is -2.35. The molecule has 3 aromatic heterocycles. The summed E-state index contributed by atoms with van der Waals surface area (Å²) >= 11 is 1.56. The Labute approximate surface area is 403 Å². The van der Waals surface area contributed by atoms with Crippen LogP contribution in [-0.2, 0) is 19.2 Å². The number of likely N-dealkylation sites (tertiary alicyclic amines) is 1. The summed E-state index contributed by atoms with van der Waals surface area (Å²) in [7, 11) is 0. The summed E-state index contributed by atoms with van der Waals surface area (Å²) in [4.78, 5) is 86.2. The fourth-order valence-electron chi connectivity index (χ4n) is 8.29. The van der Waals surface area contributed by atoms with Crippen molar-refractivity contribution in [3.63, 3.8) is 0 Å². The molecule has 7 aromatic rings. The number of β-amino-alcohol motifs (C(OH)–C–C–N with tert-alkyl or cyclic N) is 1. The first-order valence-corrected chi connectivity index (χ1v) is 23.5. The first-order valence-electron chi connectivity index (χ1n) is 22.6. The number of carbonyl (C=O) groups is 5. The molecule has 7 N–H and O–H groups in total. The van der Waals surface area contributed by atoms with Crippen LogP contribution in [0.1, 0.15) is 74.6 Å². The minimum absolute atomic E-state index is 0.0525. The van der Waals surface area contributed by atoms with Crippen LogP contribution in [0.4, 0.5) is 22.9 Å². The Balaban J connectivity index is 0.809. The number of para-hydroxylation sites is 1. The summed E-state index contributed by atoms with van der Waals surface area (Å²) in [5.41, 5.74) is 8.64. The Morgan fingerprint density at radius 1 is 0.826 bits per heavy atom. The zero-order valence-electron chi connectivity index (χ0n) is 38.9. The summed E-state index contributed by atoms with van der Waals surface area (Å²) in [5.74, 6) is -1.65. The number of aliphatic hydroxyl groups is 1. The predicted molar refractivity (Wildman–Crippen MR) is 268 cm³/mol. The van der Waals surface area contributed by atoms with Gasteiger partial charge in [0, 0.05) is 77.2 Å². The van der Waals surface area contributed by atoms with Gasteiger partial charge in [-0.15, -0.1) is 11.3 Å². The van der Waals surface area contributed by atoms with Gasteiger partial charge in [0.05, 0.1) is 33.9 Å². The highest BCUT2D eigenvalue weighted by molar-refractivity contribution is 7.13. The van der Waals surface area contributed by atoms with Gasteiger partial charge in [0.2, 0.25) is 23.6 Å². The van der Waals surface area contributed by atoms with E-state index in [2.05, 4.69) is 46.5 Å². The lowest BCUT2D eigenvalue weighted by atomic mass is 9.85. The van der Waals surface area contributed by atoms with Crippen molar-refractivity contribution < 1.29 is 29.1 Å². The van der Waals surface area contributed by atoms with Gasteiger partial charge in [0.15, 0.2) is 0 Å². The number of aromatic amines is 1. The Morgan fingerprint density at radius 3 is 2.30 bits per heavy atom. The standard InChI is InChI=1S/C52H54N10O6S/c1-30(32-13-15-33(16-14-32)47-31(2)56-29-69-47)57-50(67)43-24-38(63)27-62(43)51(68)48(52(3,4)5)61-46(65)22-21-45(64)59-35-19-17-34(18-20-35)49(66)60-37-10-8-9-36(23-37)58-44-25-42(54-28-55-44)40-26-53-41-12-7-6-11-39(40)41/h6-20,23,25-26,28-30,38,43,48,53,63H,21-22,24,27H2,1-5H3,(H,57,67)(H,59,64)(H,60,66)(H,61,65)(H,54,55,58)/t30-,38-,43?,48+/m0/s1. The number of H-pyrrole nitrogens is 1. The van der Waals surface area contributed by atoms with Crippen molar-refractivity contribution in [1.29, 1.82) is 0 Å². The molecule has 4 heterocycles. The Morgan fingerprint density at radius 2 is 1.57 bits per heavy atom. The Bertz CT molecular complexity index is 3000. The fraction of sp³-hybridized carbons (Fsp3) is 0.269. The van der Waals surface area contributed by atoms with E-state index in [4.69, 9.17) is 0 Å². The van der Waals surface area contributed by atoms with Crippen LogP contribution in [0.5, 0.6) is 0 Å². The molecule has 4 aromatic carbocycles. The molecule has 69 heavy (non-hydrogen) atoms. The van der Waals surface area contributed by atoms with Crippen molar-refractivity contribution in [3.8, 4) is 21.7 Å². The van der Waals surface area contributed by atoms with Crippen LogP contribution in [0, 0.1) is 12.3 Å². The number of fused-ring (bicyclic) bond motifs is 1. The molecule has 17 heteroatoms. The monoisotopic (exact) mass is 946 g/mol. The van der Waals surface area contributed by atoms with Crippen molar-refractivity contribution in [2.24, 2.45) is 5.41 Å². The molecule has 8 rings (SSSR count). The lowest BCUT2D eigenvalue weighted by Crippen LogP contribution is -2.57. The summed E-state index contributed by atoms with van der Waals surface area (Å²) in [6, 6.07) is 28.9.